The first-order chi connectivity index (χ1) is 8.83. The molecule has 1 nitrogen and oxygen atoms in total. The van der Waals surface area contributed by atoms with Crippen LogP contribution in [-0.2, 0) is 19.3 Å². The summed E-state index contributed by atoms with van der Waals surface area (Å²) in [6.07, 6.45) is 6.84. The third-order valence-corrected chi connectivity index (χ3v) is 5.81. The molecule has 0 radical (unpaired) electrons. The Bertz CT molecular complexity index is 475. The van der Waals surface area contributed by atoms with Gasteiger partial charge in [0.2, 0.25) is 0 Å². The Morgan fingerprint density at radius 3 is 2.94 bits per heavy atom. The Morgan fingerprint density at radius 1 is 1.22 bits per heavy atom. The average Bonchev–Trinajstić information content (AvgIpc) is 2.95. The minimum atomic E-state index is -0.319. The van der Waals surface area contributed by atoms with E-state index in [9.17, 15) is 5.11 Å². The van der Waals surface area contributed by atoms with Crippen LogP contribution in [0.25, 0.3) is 0 Å². The second-order valence-electron chi connectivity index (χ2n) is 4.96. The minimum Gasteiger partial charge on any atom is -0.387 e. The number of rotatable bonds is 3. The Labute approximate surface area is 116 Å². The highest BCUT2D eigenvalue weighted by atomic mass is 32.1. The molecule has 2 heterocycles. The van der Waals surface area contributed by atoms with Crippen LogP contribution in [0.15, 0.2) is 23.6 Å². The summed E-state index contributed by atoms with van der Waals surface area (Å²) in [7, 11) is 0. The SMILES string of the molecule is OC(Cc1cccs1)c1cc2c(s1)CCCCC2. The Kier molecular flexibility index (Phi) is 3.83. The van der Waals surface area contributed by atoms with Gasteiger partial charge < -0.3 is 5.11 Å². The van der Waals surface area contributed by atoms with E-state index in [2.05, 4.69) is 23.6 Å². The maximum absolute atomic E-state index is 10.3. The van der Waals surface area contributed by atoms with E-state index in [1.54, 1.807) is 11.3 Å². The van der Waals surface area contributed by atoms with Crippen molar-refractivity contribution in [2.45, 2.75) is 44.6 Å². The third kappa shape index (κ3) is 2.68. The third-order valence-electron chi connectivity index (χ3n) is 3.57. The van der Waals surface area contributed by atoms with Crippen molar-refractivity contribution < 1.29 is 5.11 Å². The summed E-state index contributed by atoms with van der Waals surface area (Å²) >= 11 is 3.56. The maximum Gasteiger partial charge on any atom is 0.0930 e. The summed E-state index contributed by atoms with van der Waals surface area (Å²) in [5.41, 5.74) is 1.50. The van der Waals surface area contributed by atoms with Crippen LogP contribution in [0.1, 0.15) is 45.6 Å². The van der Waals surface area contributed by atoms with Gasteiger partial charge in [0.15, 0.2) is 0 Å². The smallest absolute Gasteiger partial charge is 0.0930 e. The first-order valence-electron chi connectivity index (χ1n) is 6.65. The average molecular weight is 278 g/mol. The fourth-order valence-electron chi connectivity index (χ4n) is 2.57. The topological polar surface area (TPSA) is 20.2 Å². The molecule has 0 aromatic carbocycles. The zero-order chi connectivity index (χ0) is 12.4. The molecule has 0 fully saturated rings. The number of aliphatic hydroxyl groups excluding tert-OH is 1. The highest BCUT2D eigenvalue weighted by molar-refractivity contribution is 7.12. The van der Waals surface area contributed by atoms with Gasteiger partial charge in [-0.15, -0.1) is 22.7 Å². The summed E-state index contributed by atoms with van der Waals surface area (Å²) in [4.78, 5) is 3.95. The van der Waals surface area contributed by atoms with Gasteiger partial charge in [0.25, 0.3) is 0 Å². The van der Waals surface area contributed by atoms with Crippen molar-refractivity contribution in [1.82, 2.24) is 0 Å². The molecular weight excluding hydrogens is 260 g/mol. The number of aliphatic hydroxyl groups is 1. The van der Waals surface area contributed by atoms with Crippen LogP contribution < -0.4 is 0 Å². The first kappa shape index (κ1) is 12.4. The van der Waals surface area contributed by atoms with E-state index < -0.39 is 0 Å². The predicted molar refractivity (Wildman–Crippen MR) is 78.6 cm³/mol. The van der Waals surface area contributed by atoms with Gasteiger partial charge in [-0.05, 0) is 48.8 Å². The molecular formula is C15H18OS2. The number of thiophene rings is 2. The first-order valence-corrected chi connectivity index (χ1v) is 8.34. The van der Waals surface area contributed by atoms with Gasteiger partial charge in [-0.25, -0.2) is 0 Å². The molecule has 1 N–H and O–H groups in total. The number of hydrogen-bond donors (Lipinski definition) is 1. The van der Waals surface area contributed by atoms with Crippen LogP contribution in [-0.4, -0.2) is 5.11 Å². The standard InChI is InChI=1S/C15H18OS2/c16-13(10-12-6-4-8-17-12)15-9-11-5-2-1-3-7-14(11)18-15/h4,6,8-9,13,16H,1-3,5,7,10H2. The summed E-state index contributed by atoms with van der Waals surface area (Å²) in [5, 5.41) is 12.4. The van der Waals surface area contributed by atoms with Gasteiger partial charge in [0.05, 0.1) is 6.10 Å². The summed E-state index contributed by atoms with van der Waals surface area (Å²) in [5.74, 6) is 0. The maximum atomic E-state index is 10.3. The van der Waals surface area contributed by atoms with Crippen molar-refractivity contribution in [3.63, 3.8) is 0 Å². The van der Waals surface area contributed by atoms with Crippen molar-refractivity contribution in [2.75, 3.05) is 0 Å². The van der Waals surface area contributed by atoms with E-state index in [-0.39, 0.29) is 6.10 Å². The molecule has 0 aliphatic heterocycles. The lowest BCUT2D eigenvalue weighted by Gasteiger charge is -2.06. The summed E-state index contributed by atoms with van der Waals surface area (Å²) in [6, 6.07) is 6.41. The zero-order valence-corrected chi connectivity index (χ0v) is 12.0. The van der Waals surface area contributed by atoms with Crippen LogP contribution in [0.3, 0.4) is 0 Å². The van der Waals surface area contributed by atoms with Crippen LogP contribution >= 0.6 is 22.7 Å². The van der Waals surface area contributed by atoms with Gasteiger partial charge in [-0.1, -0.05) is 12.5 Å². The zero-order valence-electron chi connectivity index (χ0n) is 10.4. The Balaban J connectivity index is 1.76. The molecule has 0 saturated carbocycles. The van der Waals surface area contributed by atoms with Gasteiger partial charge in [0, 0.05) is 21.1 Å². The summed E-state index contributed by atoms with van der Waals surface area (Å²) < 4.78 is 0. The predicted octanol–water partition coefficient (Wildman–Crippen LogP) is 4.35. The van der Waals surface area contributed by atoms with Gasteiger partial charge in [-0.3, -0.25) is 0 Å². The highest BCUT2D eigenvalue weighted by Crippen LogP contribution is 2.33. The van der Waals surface area contributed by atoms with Crippen molar-refractivity contribution in [3.8, 4) is 0 Å². The fraction of sp³-hybridized carbons (Fsp3) is 0.467. The minimum absolute atomic E-state index is 0.319. The van der Waals surface area contributed by atoms with Crippen molar-refractivity contribution in [1.29, 1.82) is 0 Å². The quantitative estimate of drug-likeness (QED) is 0.827. The summed E-state index contributed by atoms with van der Waals surface area (Å²) in [6.45, 7) is 0. The molecule has 0 amide bonds. The number of hydrogen-bond acceptors (Lipinski definition) is 3. The van der Waals surface area contributed by atoms with Crippen LogP contribution in [0.4, 0.5) is 0 Å². The molecule has 1 aliphatic rings. The molecule has 18 heavy (non-hydrogen) atoms. The van der Waals surface area contributed by atoms with E-state index >= 15 is 0 Å². The molecule has 2 aromatic heterocycles. The van der Waals surface area contributed by atoms with Gasteiger partial charge in [-0.2, -0.15) is 0 Å². The lowest BCUT2D eigenvalue weighted by atomic mass is 10.1. The monoisotopic (exact) mass is 278 g/mol. The molecule has 1 atom stereocenters. The normalized spacial score (nSPS) is 17.2. The molecule has 1 unspecified atom stereocenters. The van der Waals surface area contributed by atoms with Gasteiger partial charge >= 0.3 is 0 Å². The molecule has 0 spiro atoms. The molecule has 1 aliphatic carbocycles. The van der Waals surface area contributed by atoms with Crippen LogP contribution in [0.2, 0.25) is 0 Å². The molecule has 3 rings (SSSR count). The molecule has 3 heteroatoms. The second-order valence-corrected chi connectivity index (χ2v) is 7.16. The van der Waals surface area contributed by atoms with E-state index in [4.69, 9.17) is 0 Å². The molecule has 96 valence electrons. The number of aryl methyl sites for hydroxylation is 2. The van der Waals surface area contributed by atoms with E-state index in [1.165, 1.54) is 47.4 Å². The van der Waals surface area contributed by atoms with Crippen molar-refractivity contribution in [3.05, 3.63) is 43.8 Å². The van der Waals surface area contributed by atoms with Crippen molar-refractivity contribution in [2.24, 2.45) is 0 Å². The number of fused-ring (bicyclic) bond motifs is 1. The van der Waals surface area contributed by atoms with Crippen molar-refractivity contribution >= 4 is 22.7 Å². The van der Waals surface area contributed by atoms with Crippen LogP contribution in [0, 0.1) is 0 Å². The van der Waals surface area contributed by atoms with E-state index in [0.717, 1.165) is 11.3 Å². The molecule has 0 saturated heterocycles. The van der Waals surface area contributed by atoms with E-state index in [1.807, 2.05) is 11.3 Å². The van der Waals surface area contributed by atoms with E-state index in [0.29, 0.717) is 0 Å². The second kappa shape index (κ2) is 5.55. The van der Waals surface area contributed by atoms with Crippen LogP contribution in [0.5, 0.6) is 0 Å². The van der Waals surface area contributed by atoms with Gasteiger partial charge in [0.1, 0.15) is 0 Å². The Hall–Kier alpha value is -0.640. The molecule has 2 aromatic rings. The lowest BCUT2D eigenvalue weighted by Crippen LogP contribution is -1.97. The fourth-order valence-corrected chi connectivity index (χ4v) is 4.56. The highest BCUT2D eigenvalue weighted by Gasteiger charge is 2.17. The molecule has 0 bridgehead atoms. The largest absolute Gasteiger partial charge is 0.387 e. The Morgan fingerprint density at radius 2 is 2.11 bits per heavy atom. The lowest BCUT2D eigenvalue weighted by molar-refractivity contribution is 0.183.